The first-order valence-electron chi connectivity index (χ1n) is 10.6. The highest BCUT2D eigenvalue weighted by atomic mass is 19.4. The summed E-state index contributed by atoms with van der Waals surface area (Å²) in [6.45, 7) is 1.08. The smallest absolute Gasteiger partial charge is 0.491 e. The summed E-state index contributed by atoms with van der Waals surface area (Å²) in [7, 11) is 0. The Kier molecular flexibility index (Phi) is 5.57. The lowest BCUT2D eigenvalue weighted by Gasteiger charge is -2.20. The second kappa shape index (κ2) is 8.70. The van der Waals surface area contributed by atoms with Crippen LogP contribution in [0.5, 0.6) is 11.5 Å². The van der Waals surface area contributed by atoms with Crippen molar-refractivity contribution in [1.29, 1.82) is 0 Å². The zero-order chi connectivity index (χ0) is 23.7. The summed E-state index contributed by atoms with van der Waals surface area (Å²) in [5.74, 6) is -0.0273. The SMILES string of the molecule is O=C1c2cc(-c3ccc(OC(F)(F)F)cc3)ccc2OCCN1Cc1ccc2ccccc2n1. The van der Waals surface area contributed by atoms with Gasteiger partial charge in [0.05, 0.1) is 29.9 Å². The molecular weight excluding hydrogens is 445 g/mol. The van der Waals surface area contributed by atoms with E-state index < -0.39 is 6.36 Å². The largest absolute Gasteiger partial charge is 0.573 e. The molecule has 5 rings (SSSR count). The Hall–Kier alpha value is -4.07. The summed E-state index contributed by atoms with van der Waals surface area (Å²) >= 11 is 0. The van der Waals surface area contributed by atoms with E-state index in [0.29, 0.717) is 42.1 Å². The van der Waals surface area contributed by atoms with Crippen LogP contribution in [0, 0.1) is 0 Å². The van der Waals surface area contributed by atoms with Crippen LogP contribution in [0.1, 0.15) is 16.1 Å². The number of fused-ring (bicyclic) bond motifs is 2. The van der Waals surface area contributed by atoms with Gasteiger partial charge in [-0.1, -0.05) is 42.5 Å². The normalized spacial score (nSPS) is 13.9. The van der Waals surface area contributed by atoms with Gasteiger partial charge in [-0.2, -0.15) is 0 Å². The molecule has 0 radical (unpaired) electrons. The van der Waals surface area contributed by atoms with Crippen molar-refractivity contribution in [3.63, 3.8) is 0 Å². The minimum Gasteiger partial charge on any atom is -0.491 e. The molecule has 172 valence electrons. The molecule has 0 unspecified atom stereocenters. The van der Waals surface area contributed by atoms with Gasteiger partial charge in [-0.15, -0.1) is 13.2 Å². The first-order valence-corrected chi connectivity index (χ1v) is 10.6. The maximum atomic E-state index is 13.4. The van der Waals surface area contributed by atoms with E-state index in [2.05, 4.69) is 9.72 Å². The van der Waals surface area contributed by atoms with Crippen molar-refractivity contribution in [1.82, 2.24) is 9.88 Å². The molecule has 0 N–H and O–H groups in total. The van der Waals surface area contributed by atoms with E-state index in [1.54, 1.807) is 23.1 Å². The summed E-state index contributed by atoms with van der Waals surface area (Å²) in [6, 6.07) is 22.4. The van der Waals surface area contributed by atoms with Gasteiger partial charge in [-0.05, 0) is 47.5 Å². The molecular formula is C26H19F3N2O3. The second-order valence-corrected chi connectivity index (χ2v) is 7.85. The maximum absolute atomic E-state index is 13.4. The second-order valence-electron chi connectivity index (χ2n) is 7.85. The highest BCUT2D eigenvalue weighted by molar-refractivity contribution is 5.98. The van der Waals surface area contributed by atoms with E-state index in [4.69, 9.17) is 4.74 Å². The van der Waals surface area contributed by atoms with E-state index in [1.165, 1.54) is 24.3 Å². The maximum Gasteiger partial charge on any atom is 0.573 e. The van der Waals surface area contributed by atoms with Crippen molar-refractivity contribution in [3.05, 3.63) is 90.1 Å². The van der Waals surface area contributed by atoms with Gasteiger partial charge in [0.25, 0.3) is 5.91 Å². The van der Waals surface area contributed by atoms with Crippen LogP contribution in [0.2, 0.25) is 0 Å². The third-order valence-corrected chi connectivity index (χ3v) is 5.55. The van der Waals surface area contributed by atoms with Crippen LogP contribution in [0.15, 0.2) is 78.9 Å². The third-order valence-electron chi connectivity index (χ3n) is 5.55. The highest BCUT2D eigenvalue weighted by Crippen LogP contribution is 2.31. The van der Waals surface area contributed by atoms with Crippen LogP contribution >= 0.6 is 0 Å². The van der Waals surface area contributed by atoms with Crippen LogP contribution in [0.3, 0.4) is 0 Å². The van der Waals surface area contributed by atoms with Crippen molar-refractivity contribution >= 4 is 16.8 Å². The van der Waals surface area contributed by atoms with Crippen molar-refractivity contribution in [2.24, 2.45) is 0 Å². The molecule has 8 heteroatoms. The molecule has 0 bridgehead atoms. The summed E-state index contributed by atoms with van der Waals surface area (Å²) in [4.78, 5) is 19.7. The molecule has 1 aliphatic rings. The lowest BCUT2D eigenvalue weighted by Crippen LogP contribution is -2.32. The number of hydrogen-bond acceptors (Lipinski definition) is 4. The van der Waals surface area contributed by atoms with Gasteiger partial charge in [0.15, 0.2) is 0 Å². The van der Waals surface area contributed by atoms with E-state index >= 15 is 0 Å². The molecule has 1 aliphatic heterocycles. The highest BCUT2D eigenvalue weighted by Gasteiger charge is 2.31. The standard InChI is InChI=1S/C26H19F3N2O3/c27-26(28,29)34-21-10-6-17(7-11-21)19-8-12-24-22(15-19)25(32)31(13-14-33-24)16-20-9-5-18-3-1-2-4-23(18)30-20/h1-12,15H,13-14,16H2. The van der Waals surface area contributed by atoms with Gasteiger partial charge in [0.2, 0.25) is 0 Å². The van der Waals surface area contributed by atoms with Gasteiger partial charge < -0.3 is 14.4 Å². The lowest BCUT2D eigenvalue weighted by molar-refractivity contribution is -0.274. The fourth-order valence-corrected chi connectivity index (χ4v) is 3.93. The Morgan fingerprint density at radius 1 is 0.941 bits per heavy atom. The molecule has 0 atom stereocenters. The molecule has 4 aromatic rings. The molecule has 0 spiro atoms. The van der Waals surface area contributed by atoms with Gasteiger partial charge >= 0.3 is 6.36 Å². The molecule has 1 aromatic heterocycles. The summed E-state index contributed by atoms with van der Waals surface area (Å²) < 4.78 is 47.0. The molecule has 2 heterocycles. The van der Waals surface area contributed by atoms with Gasteiger partial charge in [-0.3, -0.25) is 9.78 Å². The topological polar surface area (TPSA) is 51.7 Å². The molecule has 3 aromatic carbocycles. The Balaban J connectivity index is 1.40. The van der Waals surface area contributed by atoms with Crippen LogP contribution in [-0.4, -0.2) is 35.3 Å². The monoisotopic (exact) mass is 464 g/mol. The van der Waals surface area contributed by atoms with Crippen molar-refractivity contribution in [3.8, 4) is 22.6 Å². The van der Waals surface area contributed by atoms with Crippen LogP contribution in [0.25, 0.3) is 22.0 Å². The molecule has 34 heavy (non-hydrogen) atoms. The summed E-state index contributed by atoms with van der Waals surface area (Å²) in [6.07, 6.45) is -4.75. The number of pyridine rings is 1. The number of para-hydroxylation sites is 1. The van der Waals surface area contributed by atoms with Crippen molar-refractivity contribution in [2.45, 2.75) is 12.9 Å². The molecule has 1 amide bonds. The number of rotatable bonds is 4. The summed E-state index contributed by atoms with van der Waals surface area (Å²) in [5.41, 5.74) is 3.36. The number of hydrogen-bond donors (Lipinski definition) is 0. The molecule has 0 fully saturated rings. The number of aromatic nitrogens is 1. The number of alkyl halides is 3. The Bertz CT molecular complexity index is 1350. The molecule has 0 saturated heterocycles. The van der Waals surface area contributed by atoms with Crippen molar-refractivity contribution < 1.29 is 27.4 Å². The van der Waals surface area contributed by atoms with Crippen LogP contribution in [0.4, 0.5) is 13.2 Å². The number of carbonyl (C=O) groups excluding carboxylic acids is 1. The van der Waals surface area contributed by atoms with E-state index in [9.17, 15) is 18.0 Å². The van der Waals surface area contributed by atoms with Crippen LogP contribution in [-0.2, 0) is 6.54 Å². The number of benzene rings is 3. The Labute approximate surface area is 193 Å². The lowest BCUT2D eigenvalue weighted by atomic mass is 10.0. The predicted octanol–water partition coefficient (Wildman–Crippen LogP) is 5.84. The number of ether oxygens (including phenoxy) is 2. The summed E-state index contributed by atoms with van der Waals surface area (Å²) in [5, 5.41) is 1.03. The average Bonchev–Trinajstić information content (AvgIpc) is 2.97. The van der Waals surface area contributed by atoms with Crippen LogP contribution < -0.4 is 9.47 Å². The van der Waals surface area contributed by atoms with E-state index in [1.807, 2.05) is 36.4 Å². The number of nitrogens with zero attached hydrogens (tertiary/aromatic N) is 2. The zero-order valence-corrected chi connectivity index (χ0v) is 17.9. The fraction of sp³-hybridized carbons (Fsp3) is 0.154. The van der Waals surface area contributed by atoms with Gasteiger partial charge in [0.1, 0.15) is 18.1 Å². The first kappa shape index (κ1) is 21.8. The Morgan fingerprint density at radius 2 is 1.71 bits per heavy atom. The van der Waals surface area contributed by atoms with E-state index in [0.717, 1.165) is 16.6 Å². The molecule has 0 saturated carbocycles. The fourth-order valence-electron chi connectivity index (χ4n) is 3.93. The minimum atomic E-state index is -4.75. The van der Waals surface area contributed by atoms with Gasteiger partial charge in [-0.25, -0.2) is 0 Å². The van der Waals surface area contributed by atoms with Crippen molar-refractivity contribution in [2.75, 3.05) is 13.2 Å². The quantitative estimate of drug-likeness (QED) is 0.381. The number of halogens is 3. The third kappa shape index (κ3) is 4.66. The minimum absolute atomic E-state index is 0.193. The predicted molar refractivity (Wildman–Crippen MR) is 121 cm³/mol. The number of carbonyl (C=O) groups is 1. The molecule has 5 nitrogen and oxygen atoms in total. The number of amides is 1. The molecule has 0 aliphatic carbocycles. The Morgan fingerprint density at radius 3 is 2.50 bits per heavy atom. The zero-order valence-electron chi connectivity index (χ0n) is 17.9. The van der Waals surface area contributed by atoms with Gasteiger partial charge in [0, 0.05) is 5.39 Å². The average molecular weight is 464 g/mol. The first-order chi connectivity index (χ1) is 16.4. The van der Waals surface area contributed by atoms with E-state index in [-0.39, 0.29) is 11.7 Å².